The Morgan fingerprint density at radius 1 is 0.931 bits per heavy atom. The Bertz CT molecular complexity index is 699. The summed E-state index contributed by atoms with van der Waals surface area (Å²) in [7, 11) is 0. The van der Waals surface area contributed by atoms with Crippen LogP contribution in [0.1, 0.15) is 92.9 Å². The van der Waals surface area contributed by atoms with E-state index in [0.717, 1.165) is 42.4 Å². The highest BCUT2D eigenvalue weighted by Crippen LogP contribution is 2.67. The van der Waals surface area contributed by atoms with Gasteiger partial charge in [-0.2, -0.15) is 0 Å². The minimum atomic E-state index is 0.314. The topological polar surface area (TPSA) is 17.1 Å². The van der Waals surface area contributed by atoms with Gasteiger partial charge in [-0.05, 0) is 103 Å². The molecule has 0 amide bonds. The van der Waals surface area contributed by atoms with Crippen LogP contribution in [0.2, 0.25) is 0 Å². The molecule has 0 aromatic rings. The first kappa shape index (κ1) is 21.4. The number of allylic oxidation sites excluding steroid dienone is 3. The van der Waals surface area contributed by atoms with Crippen LogP contribution in [0.4, 0.5) is 0 Å². The molecule has 0 saturated heterocycles. The van der Waals surface area contributed by atoms with Crippen LogP contribution in [-0.2, 0) is 4.79 Å². The minimum absolute atomic E-state index is 0.314. The molecule has 162 valence electrons. The Hall–Kier alpha value is -0.850. The van der Waals surface area contributed by atoms with Gasteiger partial charge in [-0.15, -0.1) is 0 Å². The number of rotatable bonds is 4. The lowest BCUT2D eigenvalue weighted by Gasteiger charge is -2.58. The lowest BCUT2D eigenvalue weighted by molar-refractivity contribution is -0.117. The summed E-state index contributed by atoms with van der Waals surface area (Å²) in [5, 5.41) is 0. The monoisotopic (exact) mass is 396 g/mol. The van der Waals surface area contributed by atoms with Gasteiger partial charge in [-0.1, -0.05) is 59.3 Å². The van der Waals surface area contributed by atoms with Gasteiger partial charge in [-0.25, -0.2) is 0 Å². The van der Waals surface area contributed by atoms with Gasteiger partial charge in [0.1, 0.15) is 0 Å². The molecular formula is C28H44O. The third-order valence-corrected chi connectivity index (χ3v) is 10.4. The zero-order valence-corrected chi connectivity index (χ0v) is 19.8. The van der Waals surface area contributed by atoms with Crippen LogP contribution in [0, 0.1) is 52.3 Å². The highest BCUT2D eigenvalue weighted by Gasteiger charge is 2.59. The average molecular weight is 397 g/mol. The third kappa shape index (κ3) is 3.49. The number of carbonyl (C=O) groups excluding carboxylic acids is 1. The largest absolute Gasteiger partial charge is 0.295 e. The summed E-state index contributed by atoms with van der Waals surface area (Å²) in [5.41, 5.74) is 2.34. The van der Waals surface area contributed by atoms with Crippen LogP contribution >= 0.6 is 0 Å². The summed E-state index contributed by atoms with van der Waals surface area (Å²) in [6.45, 7) is 14.7. The van der Waals surface area contributed by atoms with E-state index in [1.54, 1.807) is 0 Å². The van der Waals surface area contributed by atoms with E-state index in [1.165, 1.54) is 44.1 Å². The summed E-state index contributed by atoms with van der Waals surface area (Å²) < 4.78 is 0. The normalized spacial score (nSPS) is 44.2. The van der Waals surface area contributed by atoms with E-state index in [9.17, 15) is 4.79 Å². The molecular weight excluding hydrogens is 352 g/mol. The van der Waals surface area contributed by atoms with Gasteiger partial charge < -0.3 is 0 Å². The SMILES string of the molecule is CC(C)[C@@H](C)/C=C/[C@@H](C)[C@@H]1CC[C@@H]2[C@@H]3CCC4=CC(=O)CC[C@@]4(C)[C@@H]3CC[C@]21C. The van der Waals surface area contributed by atoms with Gasteiger partial charge in [0.15, 0.2) is 5.78 Å². The molecule has 4 rings (SSSR count). The van der Waals surface area contributed by atoms with Crippen LogP contribution in [0.15, 0.2) is 23.8 Å². The van der Waals surface area contributed by atoms with E-state index in [2.05, 4.69) is 53.7 Å². The van der Waals surface area contributed by atoms with E-state index in [0.29, 0.717) is 28.4 Å². The van der Waals surface area contributed by atoms with Crippen molar-refractivity contribution in [1.82, 2.24) is 0 Å². The van der Waals surface area contributed by atoms with Crippen LogP contribution in [0.25, 0.3) is 0 Å². The summed E-state index contributed by atoms with van der Waals surface area (Å²) in [6, 6.07) is 0. The predicted octanol–water partition coefficient (Wildman–Crippen LogP) is 7.62. The van der Waals surface area contributed by atoms with E-state index in [1.807, 2.05) is 6.08 Å². The number of carbonyl (C=O) groups is 1. The molecule has 0 N–H and O–H groups in total. The maximum atomic E-state index is 12.0. The van der Waals surface area contributed by atoms with E-state index < -0.39 is 0 Å². The Balaban J connectivity index is 1.53. The summed E-state index contributed by atoms with van der Waals surface area (Å²) in [4.78, 5) is 12.0. The molecule has 0 aromatic carbocycles. The van der Waals surface area contributed by atoms with Crippen molar-refractivity contribution in [3.05, 3.63) is 23.8 Å². The fourth-order valence-corrected chi connectivity index (χ4v) is 8.17. The van der Waals surface area contributed by atoms with Crippen LogP contribution in [-0.4, -0.2) is 5.78 Å². The van der Waals surface area contributed by atoms with Crippen molar-refractivity contribution in [3.63, 3.8) is 0 Å². The van der Waals surface area contributed by atoms with Gasteiger partial charge in [0, 0.05) is 6.42 Å². The van der Waals surface area contributed by atoms with Crippen LogP contribution < -0.4 is 0 Å². The van der Waals surface area contributed by atoms with Gasteiger partial charge in [-0.3, -0.25) is 4.79 Å². The second-order valence-electron chi connectivity index (χ2n) is 12.0. The van der Waals surface area contributed by atoms with Crippen molar-refractivity contribution in [1.29, 1.82) is 0 Å². The fraction of sp³-hybridized carbons (Fsp3) is 0.821. The number of hydrogen-bond donors (Lipinski definition) is 0. The van der Waals surface area contributed by atoms with Gasteiger partial charge >= 0.3 is 0 Å². The molecule has 0 spiro atoms. The van der Waals surface area contributed by atoms with Crippen molar-refractivity contribution in [2.45, 2.75) is 92.9 Å². The zero-order chi connectivity index (χ0) is 21.0. The van der Waals surface area contributed by atoms with Gasteiger partial charge in [0.2, 0.25) is 0 Å². The van der Waals surface area contributed by atoms with E-state index in [4.69, 9.17) is 0 Å². The average Bonchev–Trinajstić information content (AvgIpc) is 3.03. The van der Waals surface area contributed by atoms with Gasteiger partial charge in [0.25, 0.3) is 0 Å². The number of fused-ring (bicyclic) bond motifs is 5. The van der Waals surface area contributed by atoms with Crippen molar-refractivity contribution in [2.24, 2.45) is 52.3 Å². The number of hydrogen-bond acceptors (Lipinski definition) is 1. The molecule has 8 atom stereocenters. The lowest BCUT2D eigenvalue weighted by atomic mass is 9.46. The second-order valence-corrected chi connectivity index (χ2v) is 12.0. The summed E-state index contributed by atoms with van der Waals surface area (Å²) >= 11 is 0. The molecule has 0 heterocycles. The molecule has 29 heavy (non-hydrogen) atoms. The molecule has 0 radical (unpaired) electrons. The molecule has 0 unspecified atom stereocenters. The molecule has 0 aliphatic heterocycles. The molecule has 1 nitrogen and oxygen atoms in total. The minimum Gasteiger partial charge on any atom is -0.295 e. The maximum absolute atomic E-state index is 12.0. The Kier molecular flexibility index (Phi) is 5.67. The lowest BCUT2D eigenvalue weighted by Crippen LogP contribution is -2.50. The predicted molar refractivity (Wildman–Crippen MR) is 123 cm³/mol. The zero-order valence-electron chi connectivity index (χ0n) is 19.8. The quantitative estimate of drug-likeness (QED) is 0.447. The fourth-order valence-electron chi connectivity index (χ4n) is 8.17. The number of ketones is 1. The maximum Gasteiger partial charge on any atom is 0.155 e. The van der Waals surface area contributed by atoms with Crippen molar-refractivity contribution in [2.75, 3.05) is 0 Å². The van der Waals surface area contributed by atoms with E-state index in [-0.39, 0.29) is 0 Å². The van der Waals surface area contributed by atoms with Crippen LogP contribution in [0.5, 0.6) is 0 Å². The first-order valence-electron chi connectivity index (χ1n) is 12.6. The summed E-state index contributed by atoms with van der Waals surface area (Å²) in [6.07, 6.45) is 17.2. The third-order valence-electron chi connectivity index (χ3n) is 10.4. The summed E-state index contributed by atoms with van der Waals surface area (Å²) in [5.74, 6) is 5.95. The van der Waals surface area contributed by atoms with Crippen molar-refractivity contribution in [3.8, 4) is 0 Å². The Labute approximate surface area is 179 Å². The van der Waals surface area contributed by atoms with Crippen LogP contribution in [0.3, 0.4) is 0 Å². The first-order valence-corrected chi connectivity index (χ1v) is 12.6. The molecule has 4 aliphatic carbocycles. The van der Waals surface area contributed by atoms with Crippen molar-refractivity contribution < 1.29 is 4.79 Å². The molecule has 4 aliphatic rings. The van der Waals surface area contributed by atoms with Gasteiger partial charge in [0.05, 0.1) is 0 Å². The standard InChI is InChI=1S/C28H44O/c1-18(2)19(3)7-8-20(4)24-11-12-25-23-10-9-21-17-22(29)13-15-27(21,5)26(23)14-16-28(24,25)6/h7-8,17-20,23-26H,9-16H2,1-6H3/b8-7+/t19-,20+,23-,24-,25+,26+,27+,28-/m0/s1. The smallest absolute Gasteiger partial charge is 0.155 e. The molecule has 0 aromatic heterocycles. The van der Waals surface area contributed by atoms with Crippen molar-refractivity contribution >= 4 is 5.78 Å². The Morgan fingerprint density at radius 2 is 1.69 bits per heavy atom. The molecule has 0 bridgehead atoms. The second kappa shape index (κ2) is 7.69. The Morgan fingerprint density at radius 3 is 2.41 bits per heavy atom. The van der Waals surface area contributed by atoms with E-state index >= 15 is 0 Å². The highest BCUT2D eigenvalue weighted by atomic mass is 16.1. The molecule has 3 saturated carbocycles. The molecule has 1 heteroatoms. The molecule has 3 fully saturated rings. The highest BCUT2D eigenvalue weighted by molar-refractivity contribution is 5.91. The first-order chi connectivity index (χ1) is 13.7.